The van der Waals surface area contributed by atoms with Crippen LogP contribution in [0.2, 0.25) is 0 Å². The van der Waals surface area contributed by atoms with Crippen molar-refractivity contribution < 1.29 is 14.6 Å². The average molecular weight is 221 g/mol. The third-order valence-corrected chi connectivity index (χ3v) is 1.72. The molecule has 0 atom stereocenters. The van der Waals surface area contributed by atoms with Crippen molar-refractivity contribution in [3.63, 3.8) is 0 Å². The van der Waals surface area contributed by atoms with Crippen molar-refractivity contribution in [1.29, 1.82) is 0 Å². The molecule has 0 saturated carbocycles. The van der Waals surface area contributed by atoms with E-state index in [2.05, 4.69) is 15.9 Å². The minimum absolute atomic E-state index is 0.0804. The molecule has 0 heterocycles. The fourth-order valence-electron chi connectivity index (χ4n) is 0.745. The molecule has 0 fully saturated rings. The summed E-state index contributed by atoms with van der Waals surface area (Å²) in [5, 5.41) is 17.5. The predicted octanol–water partition coefficient (Wildman–Crippen LogP) is 1.79. The number of hydrogen-bond donors (Lipinski definition) is 2. The number of aliphatic hydroxyl groups excluding tert-OH is 1. The standard InChI is InChI=1S/C7H6BrFO2/c8-5-1-4(3-10)7(9)6(11)2-5/h1-2,10-11H,3H2. The van der Waals surface area contributed by atoms with Crippen LogP contribution < -0.4 is 0 Å². The van der Waals surface area contributed by atoms with Crippen LogP contribution in [0.5, 0.6) is 5.75 Å². The first kappa shape index (κ1) is 8.49. The van der Waals surface area contributed by atoms with Gasteiger partial charge in [0.25, 0.3) is 0 Å². The minimum Gasteiger partial charge on any atom is -0.505 e. The number of hydrogen-bond acceptors (Lipinski definition) is 2. The number of halogens is 2. The van der Waals surface area contributed by atoms with Gasteiger partial charge in [-0.2, -0.15) is 0 Å². The molecule has 0 aliphatic heterocycles. The molecular weight excluding hydrogens is 215 g/mol. The molecule has 0 radical (unpaired) electrons. The van der Waals surface area contributed by atoms with Gasteiger partial charge in [0.05, 0.1) is 6.61 Å². The third-order valence-electron chi connectivity index (χ3n) is 1.26. The van der Waals surface area contributed by atoms with Gasteiger partial charge in [0.2, 0.25) is 0 Å². The Morgan fingerprint density at radius 3 is 2.64 bits per heavy atom. The second-order valence-corrected chi connectivity index (χ2v) is 2.97. The summed E-state index contributed by atoms with van der Waals surface area (Å²) in [5.74, 6) is -1.22. The quantitative estimate of drug-likeness (QED) is 0.758. The minimum atomic E-state index is -0.768. The van der Waals surface area contributed by atoms with Crippen molar-refractivity contribution in [1.82, 2.24) is 0 Å². The van der Waals surface area contributed by atoms with Gasteiger partial charge in [-0.05, 0) is 12.1 Å². The Kier molecular flexibility index (Phi) is 2.46. The maximum Gasteiger partial charge on any atom is 0.170 e. The lowest BCUT2D eigenvalue weighted by Gasteiger charge is -2.01. The van der Waals surface area contributed by atoms with Crippen LogP contribution in [0.25, 0.3) is 0 Å². The smallest absolute Gasteiger partial charge is 0.170 e. The molecule has 60 valence electrons. The average Bonchev–Trinajstić information content (AvgIpc) is 1.96. The van der Waals surface area contributed by atoms with Gasteiger partial charge in [0.15, 0.2) is 11.6 Å². The van der Waals surface area contributed by atoms with Gasteiger partial charge in [-0.3, -0.25) is 0 Å². The van der Waals surface area contributed by atoms with Crippen LogP contribution in [-0.2, 0) is 6.61 Å². The highest BCUT2D eigenvalue weighted by molar-refractivity contribution is 9.10. The number of aromatic hydroxyl groups is 1. The molecule has 1 aromatic rings. The first-order valence-corrected chi connectivity index (χ1v) is 3.72. The molecule has 2 N–H and O–H groups in total. The first-order valence-electron chi connectivity index (χ1n) is 2.93. The Morgan fingerprint density at radius 1 is 1.45 bits per heavy atom. The molecule has 1 rings (SSSR count). The van der Waals surface area contributed by atoms with E-state index < -0.39 is 18.2 Å². The lowest BCUT2D eigenvalue weighted by Crippen LogP contribution is -1.89. The van der Waals surface area contributed by atoms with Crippen molar-refractivity contribution in [2.45, 2.75) is 6.61 Å². The normalized spacial score (nSPS) is 10.1. The molecule has 0 amide bonds. The topological polar surface area (TPSA) is 40.5 Å². The van der Waals surface area contributed by atoms with Gasteiger partial charge < -0.3 is 10.2 Å². The lowest BCUT2D eigenvalue weighted by atomic mass is 10.2. The molecule has 2 nitrogen and oxygen atoms in total. The number of phenols is 1. The summed E-state index contributed by atoms with van der Waals surface area (Å²) >= 11 is 3.05. The first-order chi connectivity index (χ1) is 5.15. The molecule has 0 unspecified atom stereocenters. The molecule has 11 heavy (non-hydrogen) atoms. The third kappa shape index (κ3) is 1.70. The molecule has 0 aliphatic rings. The zero-order valence-electron chi connectivity index (χ0n) is 5.51. The Labute approximate surface area is 71.4 Å². The highest BCUT2D eigenvalue weighted by Crippen LogP contribution is 2.24. The number of benzene rings is 1. The number of aliphatic hydroxyl groups is 1. The zero-order chi connectivity index (χ0) is 8.43. The van der Waals surface area contributed by atoms with E-state index in [1.807, 2.05) is 0 Å². The molecule has 4 heteroatoms. The summed E-state index contributed by atoms with van der Waals surface area (Å²) in [4.78, 5) is 0. The summed E-state index contributed by atoms with van der Waals surface area (Å²) in [7, 11) is 0. The summed E-state index contributed by atoms with van der Waals surface area (Å²) in [6.07, 6.45) is 0. The van der Waals surface area contributed by atoms with Gasteiger partial charge in [0, 0.05) is 10.0 Å². The second-order valence-electron chi connectivity index (χ2n) is 2.06. The van der Waals surface area contributed by atoms with Gasteiger partial charge >= 0.3 is 0 Å². The van der Waals surface area contributed by atoms with Crippen LogP contribution in [0.3, 0.4) is 0 Å². The van der Waals surface area contributed by atoms with Crippen LogP contribution in [0, 0.1) is 5.82 Å². The van der Waals surface area contributed by atoms with E-state index in [0.717, 1.165) is 0 Å². The summed E-state index contributed by atoms with van der Waals surface area (Å²) in [6.45, 7) is -0.418. The Balaban J connectivity index is 3.24. The van der Waals surface area contributed by atoms with Crippen molar-refractivity contribution in [3.8, 4) is 5.75 Å². The Hall–Kier alpha value is -0.610. The summed E-state index contributed by atoms with van der Waals surface area (Å²) in [6, 6.07) is 2.64. The fourth-order valence-corrected chi connectivity index (χ4v) is 1.24. The zero-order valence-corrected chi connectivity index (χ0v) is 7.10. The molecule has 0 bridgehead atoms. The molecule has 0 aliphatic carbocycles. The van der Waals surface area contributed by atoms with Crippen LogP contribution in [0.15, 0.2) is 16.6 Å². The SMILES string of the molecule is OCc1cc(Br)cc(O)c1F. The van der Waals surface area contributed by atoms with E-state index in [1.165, 1.54) is 12.1 Å². The van der Waals surface area contributed by atoms with Crippen molar-refractivity contribution in [2.75, 3.05) is 0 Å². The van der Waals surface area contributed by atoms with Crippen molar-refractivity contribution in [2.24, 2.45) is 0 Å². The van der Waals surface area contributed by atoms with Gasteiger partial charge in [0.1, 0.15) is 0 Å². The van der Waals surface area contributed by atoms with Crippen LogP contribution >= 0.6 is 15.9 Å². The Bertz CT molecular complexity index is 275. The molecular formula is C7H6BrFO2. The molecule has 0 aromatic heterocycles. The molecule has 0 spiro atoms. The van der Waals surface area contributed by atoms with E-state index in [4.69, 9.17) is 10.2 Å². The van der Waals surface area contributed by atoms with Crippen molar-refractivity contribution in [3.05, 3.63) is 28.0 Å². The highest BCUT2D eigenvalue weighted by Gasteiger charge is 2.07. The number of phenolic OH excluding ortho intramolecular Hbond substituents is 1. The second kappa shape index (κ2) is 3.19. The fraction of sp³-hybridized carbons (Fsp3) is 0.143. The van der Waals surface area contributed by atoms with E-state index in [1.54, 1.807) is 0 Å². The van der Waals surface area contributed by atoms with Gasteiger partial charge in [-0.1, -0.05) is 15.9 Å². The van der Waals surface area contributed by atoms with E-state index in [9.17, 15) is 4.39 Å². The van der Waals surface area contributed by atoms with E-state index >= 15 is 0 Å². The van der Waals surface area contributed by atoms with Crippen LogP contribution in [0.1, 0.15) is 5.56 Å². The summed E-state index contributed by atoms with van der Waals surface area (Å²) in [5.41, 5.74) is 0.0804. The van der Waals surface area contributed by atoms with Crippen LogP contribution in [-0.4, -0.2) is 10.2 Å². The number of rotatable bonds is 1. The summed E-state index contributed by atoms with van der Waals surface area (Å²) < 4.78 is 13.3. The van der Waals surface area contributed by atoms with E-state index in [-0.39, 0.29) is 5.56 Å². The molecule has 0 saturated heterocycles. The highest BCUT2D eigenvalue weighted by atomic mass is 79.9. The monoisotopic (exact) mass is 220 g/mol. The van der Waals surface area contributed by atoms with Crippen LogP contribution in [0.4, 0.5) is 4.39 Å². The molecule has 1 aromatic carbocycles. The maximum atomic E-state index is 12.8. The van der Waals surface area contributed by atoms with E-state index in [0.29, 0.717) is 4.47 Å². The van der Waals surface area contributed by atoms with Crippen molar-refractivity contribution >= 4 is 15.9 Å². The predicted molar refractivity (Wildman–Crippen MR) is 41.7 cm³/mol. The Morgan fingerprint density at radius 2 is 2.09 bits per heavy atom. The lowest BCUT2D eigenvalue weighted by molar-refractivity contribution is 0.273. The largest absolute Gasteiger partial charge is 0.505 e. The maximum absolute atomic E-state index is 12.8. The van der Waals surface area contributed by atoms with Gasteiger partial charge in [-0.25, -0.2) is 4.39 Å². The van der Waals surface area contributed by atoms with Gasteiger partial charge in [-0.15, -0.1) is 0 Å².